The van der Waals surface area contributed by atoms with Gasteiger partial charge in [0.25, 0.3) is 17.2 Å². The number of carbonyl (C=O) groups excluding carboxylic acids is 2. The number of rotatable bonds is 7. The number of nitrogens with one attached hydrogen (secondary N) is 1. The third kappa shape index (κ3) is 4.60. The minimum Gasteiger partial charge on any atom is -0.497 e. The highest BCUT2D eigenvalue weighted by atomic mass is 16.6. The highest BCUT2D eigenvalue weighted by Gasteiger charge is 2.19. The maximum atomic E-state index is 12.3. The number of primary amides is 1. The number of hydrogen-bond acceptors (Lipinski definition) is 7. The molecule has 0 aliphatic carbocycles. The SMILES string of the molecule is COc1cc(NC(=O)Cn2cc([N+](=O)[O-])cc(C(N)=O)c2=O)cc(OC)c1. The first-order chi connectivity index (χ1) is 12.7. The summed E-state index contributed by atoms with van der Waals surface area (Å²) in [7, 11) is 2.88. The van der Waals surface area contributed by atoms with Gasteiger partial charge in [-0.1, -0.05) is 0 Å². The van der Waals surface area contributed by atoms with Crippen LogP contribution in [0.15, 0.2) is 35.3 Å². The van der Waals surface area contributed by atoms with Crippen molar-refractivity contribution in [1.29, 1.82) is 0 Å². The molecule has 0 aliphatic heterocycles. The second kappa shape index (κ2) is 7.99. The molecule has 3 N–H and O–H groups in total. The Labute approximate surface area is 152 Å². The molecule has 0 bridgehead atoms. The van der Waals surface area contributed by atoms with Crippen molar-refractivity contribution >= 4 is 23.2 Å². The van der Waals surface area contributed by atoms with Crippen LogP contribution in [0.1, 0.15) is 10.4 Å². The zero-order valence-electron chi connectivity index (χ0n) is 14.4. The average Bonchev–Trinajstić information content (AvgIpc) is 2.62. The topological polar surface area (TPSA) is 156 Å². The Morgan fingerprint density at radius 2 is 1.78 bits per heavy atom. The number of carbonyl (C=O) groups is 2. The monoisotopic (exact) mass is 376 g/mol. The van der Waals surface area contributed by atoms with Crippen LogP contribution in [0.5, 0.6) is 11.5 Å². The van der Waals surface area contributed by atoms with Gasteiger partial charge in [0.05, 0.1) is 25.3 Å². The summed E-state index contributed by atoms with van der Waals surface area (Å²) in [5.74, 6) is -0.944. The average molecular weight is 376 g/mol. The second-order valence-electron chi connectivity index (χ2n) is 5.32. The van der Waals surface area contributed by atoms with Crippen molar-refractivity contribution in [2.45, 2.75) is 6.54 Å². The molecule has 2 rings (SSSR count). The predicted octanol–water partition coefficient (Wildman–Crippen LogP) is 0.511. The summed E-state index contributed by atoms with van der Waals surface area (Å²) in [6, 6.07) is 5.41. The minimum atomic E-state index is -1.13. The van der Waals surface area contributed by atoms with E-state index in [0.29, 0.717) is 17.2 Å². The fourth-order valence-electron chi connectivity index (χ4n) is 2.25. The Balaban J connectivity index is 2.32. The Bertz CT molecular complexity index is 945. The number of nitro groups is 1. The van der Waals surface area contributed by atoms with Gasteiger partial charge in [-0.25, -0.2) is 0 Å². The molecule has 0 atom stereocenters. The first-order valence-electron chi connectivity index (χ1n) is 7.46. The van der Waals surface area contributed by atoms with Crippen LogP contribution in [0.25, 0.3) is 0 Å². The highest BCUT2D eigenvalue weighted by molar-refractivity contribution is 5.93. The molecule has 0 unspecified atom stereocenters. The van der Waals surface area contributed by atoms with E-state index < -0.39 is 40.1 Å². The number of nitrogens with zero attached hydrogens (tertiary/aromatic N) is 2. The van der Waals surface area contributed by atoms with Gasteiger partial charge < -0.3 is 20.5 Å². The van der Waals surface area contributed by atoms with E-state index in [4.69, 9.17) is 15.2 Å². The van der Waals surface area contributed by atoms with Gasteiger partial charge in [0, 0.05) is 30.0 Å². The molecule has 0 aliphatic rings. The van der Waals surface area contributed by atoms with Crippen molar-refractivity contribution in [1.82, 2.24) is 4.57 Å². The third-order valence-electron chi connectivity index (χ3n) is 3.50. The van der Waals surface area contributed by atoms with Gasteiger partial charge in [-0.05, 0) is 0 Å². The number of benzene rings is 1. The van der Waals surface area contributed by atoms with E-state index in [1.54, 1.807) is 6.07 Å². The second-order valence-corrected chi connectivity index (χ2v) is 5.32. The smallest absolute Gasteiger partial charge is 0.286 e. The summed E-state index contributed by atoms with van der Waals surface area (Å²) >= 11 is 0. The van der Waals surface area contributed by atoms with Gasteiger partial charge in [0.15, 0.2) is 0 Å². The Hall–Kier alpha value is -3.89. The van der Waals surface area contributed by atoms with Crippen molar-refractivity contribution in [3.63, 3.8) is 0 Å². The molecular weight excluding hydrogens is 360 g/mol. The number of nitrogens with two attached hydrogens (primary N) is 1. The number of aromatic nitrogens is 1. The quantitative estimate of drug-likeness (QED) is 0.526. The Kier molecular flexibility index (Phi) is 5.75. The maximum absolute atomic E-state index is 12.3. The maximum Gasteiger partial charge on any atom is 0.286 e. The number of methoxy groups -OCH3 is 2. The largest absolute Gasteiger partial charge is 0.497 e. The van der Waals surface area contributed by atoms with Crippen LogP contribution >= 0.6 is 0 Å². The molecule has 2 aromatic rings. The van der Waals surface area contributed by atoms with Crippen LogP contribution in [0.4, 0.5) is 11.4 Å². The van der Waals surface area contributed by atoms with E-state index in [1.807, 2.05) is 0 Å². The number of anilines is 1. The molecule has 0 saturated carbocycles. The predicted molar refractivity (Wildman–Crippen MR) is 94.0 cm³/mol. The van der Waals surface area contributed by atoms with E-state index in [9.17, 15) is 24.5 Å². The number of ether oxygens (including phenoxy) is 2. The molecule has 11 nitrogen and oxygen atoms in total. The van der Waals surface area contributed by atoms with Gasteiger partial charge in [-0.2, -0.15) is 0 Å². The summed E-state index contributed by atoms with van der Waals surface area (Å²) < 4.78 is 10.9. The van der Waals surface area contributed by atoms with Gasteiger partial charge in [-0.3, -0.25) is 29.1 Å². The highest BCUT2D eigenvalue weighted by Crippen LogP contribution is 2.25. The molecule has 0 saturated heterocycles. The van der Waals surface area contributed by atoms with E-state index in [1.165, 1.54) is 26.4 Å². The van der Waals surface area contributed by atoms with Gasteiger partial charge in [0.1, 0.15) is 23.6 Å². The molecule has 0 fully saturated rings. The lowest BCUT2D eigenvalue weighted by atomic mass is 10.2. The van der Waals surface area contributed by atoms with E-state index in [0.717, 1.165) is 16.8 Å². The zero-order valence-corrected chi connectivity index (χ0v) is 14.4. The first kappa shape index (κ1) is 19.4. The van der Waals surface area contributed by atoms with Crippen LogP contribution < -0.4 is 26.1 Å². The number of amides is 2. The first-order valence-corrected chi connectivity index (χ1v) is 7.46. The van der Waals surface area contributed by atoms with Crippen LogP contribution in [-0.4, -0.2) is 35.5 Å². The third-order valence-corrected chi connectivity index (χ3v) is 3.50. The summed E-state index contributed by atoms with van der Waals surface area (Å²) in [5, 5.41) is 13.5. The summed E-state index contributed by atoms with van der Waals surface area (Å²) in [5.41, 5.74) is 3.36. The standard InChI is InChI=1S/C16H16N4O7/c1-26-11-3-9(4-12(6-11)27-2)18-14(21)8-19-7-10(20(24)25)5-13(15(17)22)16(19)23/h3-7H,8H2,1-2H3,(H2,17,22)(H,18,21). The molecule has 27 heavy (non-hydrogen) atoms. The molecule has 0 spiro atoms. The summed E-state index contributed by atoms with van der Waals surface area (Å²) in [6.45, 7) is -0.569. The van der Waals surface area contributed by atoms with Crippen molar-refractivity contribution in [2.24, 2.45) is 5.73 Å². The zero-order chi connectivity index (χ0) is 20.1. The van der Waals surface area contributed by atoms with Crippen molar-refractivity contribution in [3.8, 4) is 11.5 Å². The van der Waals surface area contributed by atoms with Crippen molar-refractivity contribution in [2.75, 3.05) is 19.5 Å². The summed E-state index contributed by atoms with van der Waals surface area (Å²) in [6.07, 6.45) is 0.862. The van der Waals surface area contributed by atoms with E-state index >= 15 is 0 Å². The molecular formula is C16H16N4O7. The summed E-state index contributed by atoms with van der Waals surface area (Å²) in [4.78, 5) is 45.9. The molecule has 2 amide bonds. The van der Waals surface area contributed by atoms with Crippen LogP contribution in [0.2, 0.25) is 0 Å². The number of pyridine rings is 1. The molecule has 142 valence electrons. The minimum absolute atomic E-state index is 0.324. The van der Waals surface area contributed by atoms with Crippen LogP contribution in [0.3, 0.4) is 0 Å². The van der Waals surface area contributed by atoms with Crippen LogP contribution in [0, 0.1) is 10.1 Å². The fraction of sp³-hybridized carbons (Fsp3) is 0.188. The van der Waals surface area contributed by atoms with Gasteiger partial charge in [-0.15, -0.1) is 0 Å². The van der Waals surface area contributed by atoms with Crippen LogP contribution in [-0.2, 0) is 11.3 Å². The molecule has 1 heterocycles. The Morgan fingerprint density at radius 1 is 1.19 bits per heavy atom. The molecule has 1 aromatic heterocycles. The lowest BCUT2D eigenvalue weighted by molar-refractivity contribution is -0.385. The molecule has 11 heteroatoms. The van der Waals surface area contributed by atoms with E-state index in [2.05, 4.69) is 5.32 Å². The van der Waals surface area contributed by atoms with Gasteiger partial charge >= 0.3 is 0 Å². The Morgan fingerprint density at radius 3 is 2.26 bits per heavy atom. The van der Waals surface area contributed by atoms with Gasteiger partial charge in [0.2, 0.25) is 5.91 Å². The molecule has 0 radical (unpaired) electrons. The van der Waals surface area contributed by atoms with Crippen molar-refractivity contribution < 1.29 is 24.0 Å². The van der Waals surface area contributed by atoms with Crippen molar-refractivity contribution in [3.05, 3.63) is 56.5 Å². The van der Waals surface area contributed by atoms with E-state index in [-0.39, 0.29) is 0 Å². The number of hydrogen-bond donors (Lipinski definition) is 2. The normalized spacial score (nSPS) is 10.1. The molecule has 1 aromatic carbocycles. The lowest BCUT2D eigenvalue weighted by Gasteiger charge is -2.11. The lowest BCUT2D eigenvalue weighted by Crippen LogP contribution is -2.33. The fourth-order valence-corrected chi connectivity index (χ4v) is 2.25.